The number of nitrogens with zero attached hydrogens (tertiary/aromatic N) is 1. The topological polar surface area (TPSA) is 15.3 Å². The Morgan fingerprint density at radius 3 is 2.47 bits per heavy atom. The van der Waals surface area contributed by atoms with Crippen LogP contribution in [0.25, 0.3) is 0 Å². The number of rotatable bonds is 3. The normalized spacial score (nSPS) is 17.2. The molecular formula is C13H20BrCl2FN2. The quantitative estimate of drug-likeness (QED) is 0.867. The molecule has 0 amide bonds. The van der Waals surface area contributed by atoms with E-state index in [1.165, 1.54) is 5.56 Å². The summed E-state index contributed by atoms with van der Waals surface area (Å²) in [4.78, 5) is 2.47. The van der Waals surface area contributed by atoms with Gasteiger partial charge in [-0.15, -0.1) is 24.8 Å². The van der Waals surface area contributed by atoms with Crippen LogP contribution in [0.2, 0.25) is 0 Å². The van der Waals surface area contributed by atoms with Gasteiger partial charge in [-0.25, -0.2) is 4.39 Å². The van der Waals surface area contributed by atoms with E-state index in [4.69, 9.17) is 0 Å². The van der Waals surface area contributed by atoms with Gasteiger partial charge in [0.25, 0.3) is 0 Å². The van der Waals surface area contributed by atoms with Gasteiger partial charge in [-0.2, -0.15) is 0 Å². The Labute approximate surface area is 135 Å². The lowest BCUT2D eigenvalue weighted by Gasteiger charge is -2.35. The zero-order valence-corrected chi connectivity index (χ0v) is 14.1. The molecule has 1 aromatic carbocycles. The Balaban J connectivity index is 0.00000162. The lowest BCUT2D eigenvalue weighted by molar-refractivity contribution is 0.169. The monoisotopic (exact) mass is 372 g/mol. The van der Waals surface area contributed by atoms with Crippen molar-refractivity contribution in [3.05, 3.63) is 34.1 Å². The maximum atomic E-state index is 13.1. The molecule has 0 aromatic heterocycles. The lowest BCUT2D eigenvalue weighted by Crippen LogP contribution is -2.45. The molecule has 1 heterocycles. The van der Waals surface area contributed by atoms with E-state index in [9.17, 15) is 4.39 Å². The summed E-state index contributed by atoms with van der Waals surface area (Å²) in [6.07, 6.45) is 1.05. The van der Waals surface area contributed by atoms with Gasteiger partial charge in [-0.1, -0.05) is 28.9 Å². The number of benzene rings is 1. The van der Waals surface area contributed by atoms with Gasteiger partial charge in [-0.3, -0.25) is 4.90 Å². The van der Waals surface area contributed by atoms with Crippen molar-refractivity contribution >= 4 is 40.7 Å². The van der Waals surface area contributed by atoms with Gasteiger partial charge >= 0.3 is 0 Å². The van der Waals surface area contributed by atoms with Gasteiger partial charge in [0.15, 0.2) is 0 Å². The highest BCUT2D eigenvalue weighted by Crippen LogP contribution is 2.31. The molecule has 0 spiro atoms. The molecule has 2 nitrogen and oxygen atoms in total. The molecule has 0 saturated carbocycles. The van der Waals surface area contributed by atoms with E-state index >= 15 is 0 Å². The van der Waals surface area contributed by atoms with Gasteiger partial charge in [-0.05, 0) is 24.1 Å². The van der Waals surface area contributed by atoms with E-state index in [1.807, 2.05) is 6.07 Å². The summed E-state index contributed by atoms with van der Waals surface area (Å²) in [6, 6.07) is 5.38. The highest BCUT2D eigenvalue weighted by atomic mass is 79.9. The highest BCUT2D eigenvalue weighted by Gasteiger charge is 2.22. The molecule has 0 radical (unpaired) electrons. The zero-order valence-electron chi connectivity index (χ0n) is 10.9. The largest absolute Gasteiger partial charge is 0.314 e. The maximum Gasteiger partial charge on any atom is 0.124 e. The first-order valence-electron chi connectivity index (χ1n) is 6.12. The average Bonchev–Trinajstić information content (AvgIpc) is 2.34. The number of piperazine rings is 1. The molecule has 1 N–H and O–H groups in total. The van der Waals surface area contributed by atoms with E-state index in [0.717, 1.165) is 37.1 Å². The van der Waals surface area contributed by atoms with Crippen LogP contribution in [0.15, 0.2) is 22.7 Å². The number of halogens is 4. The molecule has 0 bridgehead atoms. The Kier molecular flexibility index (Phi) is 9.20. The fourth-order valence-electron chi connectivity index (χ4n) is 2.44. The summed E-state index contributed by atoms with van der Waals surface area (Å²) in [5.74, 6) is -0.184. The Morgan fingerprint density at radius 1 is 1.32 bits per heavy atom. The van der Waals surface area contributed by atoms with Crippen molar-refractivity contribution in [1.82, 2.24) is 10.2 Å². The van der Waals surface area contributed by atoms with E-state index in [1.54, 1.807) is 12.1 Å². The molecule has 110 valence electrons. The van der Waals surface area contributed by atoms with Gasteiger partial charge in [0.2, 0.25) is 0 Å². The number of hydrogen-bond donors (Lipinski definition) is 1. The second-order valence-corrected chi connectivity index (χ2v) is 5.23. The second-order valence-electron chi connectivity index (χ2n) is 4.38. The number of hydrogen-bond acceptors (Lipinski definition) is 2. The molecule has 1 atom stereocenters. The standard InChI is InChI=1S/C13H18BrFN2.2ClH/c1-2-13(17-7-5-16-6-8-17)11-4-3-10(15)9-12(11)14;;/h3-4,9,13,16H,2,5-8H2,1H3;2*1H/t13-;;/m0../s1. The van der Waals surface area contributed by atoms with Crippen molar-refractivity contribution in [2.45, 2.75) is 19.4 Å². The minimum atomic E-state index is -0.184. The summed E-state index contributed by atoms with van der Waals surface area (Å²) in [5, 5.41) is 3.36. The third kappa shape index (κ3) is 4.87. The first-order valence-corrected chi connectivity index (χ1v) is 6.91. The molecule has 1 aliphatic rings. The van der Waals surface area contributed by atoms with Crippen molar-refractivity contribution in [3.8, 4) is 0 Å². The van der Waals surface area contributed by atoms with Crippen LogP contribution in [0, 0.1) is 5.82 Å². The van der Waals surface area contributed by atoms with E-state index in [0.29, 0.717) is 6.04 Å². The molecule has 0 aliphatic carbocycles. The second kappa shape index (κ2) is 9.14. The van der Waals surface area contributed by atoms with E-state index in [-0.39, 0.29) is 30.6 Å². The highest BCUT2D eigenvalue weighted by molar-refractivity contribution is 9.10. The third-order valence-electron chi connectivity index (χ3n) is 3.30. The Hall–Kier alpha value is 0.130. The van der Waals surface area contributed by atoms with Crippen molar-refractivity contribution in [2.24, 2.45) is 0 Å². The average molecular weight is 374 g/mol. The molecule has 2 rings (SSSR count). The minimum absolute atomic E-state index is 0. The van der Waals surface area contributed by atoms with Gasteiger partial charge < -0.3 is 5.32 Å². The third-order valence-corrected chi connectivity index (χ3v) is 3.99. The molecule has 19 heavy (non-hydrogen) atoms. The van der Waals surface area contributed by atoms with Crippen molar-refractivity contribution in [2.75, 3.05) is 26.2 Å². The Bertz CT molecular complexity index is 387. The fourth-order valence-corrected chi connectivity index (χ4v) is 3.06. The van der Waals surface area contributed by atoms with Gasteiger partial charge in [0, 0.05) is 36.7 Å². The first-order chi connectivity index (χ1) is 8.22. The predicted octanol–water partition coefficient (Wildman–Crippen LogP) is 3.79. The molecule has 1 fully saturated rings. The maximum absolute atomic E-state index is 13.1. The van der Waals surface area contributed by atoms with Crippen LogP contribution >= 0.6 is 40.7 Å². The predicted molar refractivity (Wildman–Crippen MR) is 86.1 cm³/mol. The molecular weight excluding hydrogens is 354 g/mol. The first kappa shape index (κ1) is 19.1. The smallest absolute Gasteiger partial charge is 0.124 e. The zero-order chi connectivity index (χ0) is 12.3. The molecule has 1 aliphatic heterocycles. The van der Waals surface area contributed by atoms with E-state index in [2.05, 4.69) is 33.1 Å². The van der Waals surface area contributed by atoms with Crippen molar-refractivity contribution in [3.63, 3.8) is 0 Å². The summed E-state index contributed by atoms with van der Waals surface area (Å²) < 4.78 is 14.0. The number of nitrogens with one attached hydrogen (secondary N) is 1. The van der Waals surface area contributed by atoms with Crippen LogP contribution in [-0.2, 0) is 0 Å². The molecule has 0 unspecified atom stereocenters. The summed E-state index contributed by atoms with van der Waals surface area (Å²) >= 11 is 3.47. The fraction of sp³-hybridized carbons (Fsp3) is 0.538. The van der Waals surface area contributed by atoms with Crippen molar-refractivity contribution in [1.29, 1.82) is 0 Å². The van der Waals surface area contributed by atoms with Gasteiger partial charge in [0.05, 0.1) is 0 Å². The molecule has 6 heteroatoms. The lowest BCUT2D eigenvalue weighted by atomic mass is 10.0. The molecule has 1 saturated heterocycles. The van der Waals surface area contributed by atoms with Gasteiger partial charge in [0.1, 0.15) is 5.82 Å². The van der Waals surface area contributed by atoms with Crippen LogP contribution < -0.4 is 5.32 Å². The van der Waals surface area contributed by atoms with Crippen LogP contribution in [0.3, 0.4) is 0 Å². The Morgan fingerprint density at radius 2 is 1.95 bits per heavy atom. The summed E-state index contributed by atoms with van der Waals surface area (Å²) in [6.45, 7) is 6.37. The summed E-state index contributed by atoms with van der Waals surface area (Å²) in [7, 11) is 0. The van der Waals surface area contributed by atoms with Crippen LogP contribution in [0.4, 0.5) is 4.39 Å². The van der Waals surface area contributed by atoms with Crippen molar-refractivity contribution < 1.29 is 4.39 Å². The minimum Gasteiger partial charge on any atom is -0.314 e. The van der Waals surface area contributed by atoms with E-state index < -0.39 is 0 Å². The molecule has 1 aromatic rings. The van der Waals surface area contributed by atoms with Crippen LogP contribution in [0.5, 0.6) is 0 Å². The SMILES string of the molecule is CC[C@@H](c1ccc(F)cc1Br)N1CCNCC1.Cl.Cl. The van der Waals surface area contributed by atoms with Crippen LogP contribution in [-0.4, -0.2) is 31.1 Å². The summed E-state index contributed by atoms with van der Waals surface area (Å²) in [5.41, 5.74) is 1.19. The van der Waals surface area contributed by atoms with Crippen LogP contribution in [0.1, 0.15) is 24.9 Å².